The average molecular weight is 326 g/mol. The minimum Gasteiger partial charge on any atom is -0.407 e. The topological polar surface area (TPSA) is 12.5 Å². The predicted octanol–water partition coefficient (Wildman–Crippen LogP) is 2.88. The smallest absolute Gasteiger partial charge is 0.252 e. The summed E-state index contributed by atoms with van der Waals surface area (Å²) in [7, 11) is -2.11. The zero-order valence-corrected chi connectivity index (χ0v) is 15.1. The second-order valence-electron chi connectivity index (χ2n) is 6.52. The van der Waals surface area contributed by atoms with Gasteiger partial charge in [0.1, 0.15) is 0 Å². The fourth-order valence-electron chi connectivity index (χ4n) is 3.41. The minimum absolute atomic E-state index is 0.826. The molecule has 2 nitrogen and oxygen atoms in total. The molecule has 23 heavy (non-hydrogen) atoms. The Kier molecular flexibility index (Phi) is 5.65. The van der Waals surface area contributed by atoms with Gasteiger partial charge >= 0.3 is 0 Å². The van der Waals surface area contributed by atoms with Crippen molar-refractivity contribution in [2.45, 2.75) is 25.8 Å². The van der Waals surface area contributed by atoms with Gasteiger partial charge in [-0.2, -0.15) is 0 Å². The molecule has 122 valence electrons. The molecule has 2 aromatic rings. The first kappa shape index (κ1) is 16.4. The Morgan fingerprint density at radius 3 is 1.87 bits per heavy atom. The molecular formula is C20H27NOSi. The van der Waals surface area contributed by atoms with Crippen molar-refractivity contribution in [2.24, 2.45) is 0 Å². The zero-order chi connectivity index (χ0) is 16.0. The number of benzene rings is 2. The Balaban J connectivity index is 1.73. The van der Waals surface area contributed by atoms with Gasteiger partial charge in [0.15, 0.2) is 0 Å². The second-order valence-corrected chi connectivity index (χ2v) is 10.0. The normalized spacial score (nSPS) is 16.4. The molecule has 0 atom stereocenters. The van der Waals surface area contributed by atoms with Crippen LogP contribution >= 0.6 is 0 Å². The van der Waals surface area contributed by atoms with Crippen molar-refractivity contribution >= 4 is 18.7 Å². The van der Waals surface area contributed by atoms with E-state index < -0.39 is 8.32 Å². The van der Waals surface area contributed by atoms with Crippen molar-refractivity contribution in [1.82, 2.24) is 4.90 Å². The van der Waals surface area contributed by atoms with Crippen LogP contribution < -0.4 is 10.4 Å². The largest absolute Gasteiger partial charge is 0.407 e. The molecule has 0 spiro atoms. The zero-order valence-electron chi connectivity index (χ0n) is 14.1. The molecule has 1 saturated heterocycles. The number of piperidine rings is 1. The second kappa shape index (κ2) is 7.91. The van der Waals surface area contributed by atoms with Crippen LogP contribution in [0.4, 0.5) is 0 Å². The Morgan fingerprint density at radius 2 is 1.35 bits per heavy atom. The molecule has 0 N–H and O–H groups in total. The van der Waals surface area contributed by atoms with Crippen LogP contribution in [0.25, 0.3) is 0 Å². The summed E-state index contributed by atoms with van der Waals surface area (Å²) in [4.78, 5) is 2.55. The van der Waals surface area contributed by atoms with Crippen molar-refractivity contribution in [3.8, 4) is 0 Å². The van der Waals surface area contributed by atoms with E-state index in [1.54, 1.807) is 0 Å². The maximum Gasteiger partial charge on any atom is 0.252 e. The van der Waals surface area contributed by atoms with Gasteiger partial charge in [-0.15, -0.1) is 0 Å². The lowest BCUT2D eigenvalue weighted by molar-refractivity contribution is 0.182. The van der Waals surface area contributed by atoms with Crippen LogP contribution in [0.5, 0.6) is 0 Å². The minimum atomic E-state index is -2.11. The first-order chi connectivity index (χ1) is 11.3. The van der Waals surface area contributed by atoms with Crippen molar-refractivity contribution in [3.05, 3.63) is 60.7 Å². The first-order valence-electron chi connectivity index (χ1n) is 8.76. The summed E-state index contributed by atoms with van der Waals surface area (Å²) in [6, 6.07) is 21.5. The first-order valence-corrected chi connectivity index (χ1v) is 11.2. The van der Waals surface area contributed by atoms with E-state index >= 15 is 0 Å². The summed E-state index contributed by atoms with van der Waals surface area (Å²) >= 11 is 0. The maximum atomic E-state index is 6.60. The van der Waals surface area contributed by atoms with Gasteiger partial charge < -0.3 is 9.33 Å². The summed E-state index contributed by atoms with van der Waals surface area (Å²) in [5.41, 5.74) is 0. The fraction of sp³-hybridized carbons (Fsp3) is 0.400. The molecule has 2 aromatic carbocycles. The van der Waals surface area contributed by atoms with Gasteiger partial charge in [-0.3, -0.25) is 0 Å². The molecule has 1 heterocycles. The van der Waals surface area contributed by atoms with Crippen molar-refractivity contribution in [2.75, 3.05) is 26.2 Å². The van der Waals surface area contributed by atoms with E-state index in [0.717, 1.165) is 13.2 Å². The fourth-order valence-corrected chi connectivity index (χ4v) is 6.23. The van der Waals surface area contributed by atoms with Crippen molar-refractivity contribution < 1.29 is 4.43 Å². The van der Waals surface area contributed by atoms with Gasteiger partial charge in [-0.25, -0.2) is 0 Å². The Labute approximate surface area is 141 Å². The lowest BCUT2D eigenvalue weighted by atomic mass is 10.1. The summed E-state index contributed by atoms with van der Waals surface area (Å²) in [6.07, 6.45) is 4.07. The Hall–Kier alpha value is -1.42. The Bertz CT molecular complexity index is 542. The van der Waals surface area contributed by atoms with Crippen LogP contribution in [0, 0.1) is 0 Å². The van der Waals surface area contributed by atoms with Crippen LogP contribution in [0.15, 0.2) is 60.7 Å². The van der Waals surface area contributed by atoms with Crippen LogP contribution in [-0.4, -0.2) is 39.5 Å². The SMILES string of the molecule is C[Si](OCCN1CCCCC1)(c1ccccc1)c1ccccc1. The van der Waals surface area contributed by atoms with Crippen LogP contribution in [0.1, 0.15) is 19.3 Å². The van der Waals surface area contributed by atoms with Gasteiger partial charge in [0.05, 0.1) is 0 Å². The number of likely N-dealkylation sites (tertiary alicyclic amines) is 1. The van der Waals surface area contributed by atoms with E-state index in [4.69, 9.17) is 4.43 Å². The molecule has 0 saturated carbocycles. The van der Waals surface area contributed by atoms with Crippen LogP contribution in [0.3, 0.4) is 0 Å². The standard InChI is InChI=1S/C20H27NOSi/c1-23(19-11-5-2-6-12-19,20-13-7-3-8-14-20)22-18-17-21-15-9-4-10-16-21/h2-3,5-8,11-14H,4,9-10,15-18H2,1H3. The molecule has 0 amide bonds. The van der Waals surface area contributed by atoms with Crippen molar-refractivity contribution in [1.29, 1.82) is 0 Å². The van der Waals surface area contributed by atoms with Gasteiger partial charge in [-0.05, 0) is 42.9 Å². The van der Waals surface area contributed by atoms with Gasteiger partial charge in [-0.1, -0.05) is 67.1 Å². The third-order valence-corrected chi connectivity index (χ3v) is 8.55. The molecule has 1 fully saturated rings. The van der Waals surface area contributed by atoms with E-state index in [2.05, 4.69) is 72.1 Å². The van der Waals surface area contributed by atoms with Crippen LogP contribution in [0.2, 0.25) is 6.55 Å². The maximum absolute atomic E-state index is 6.60. The molecule has 0 aliphatic carbocycles. The highest BCUT2D eigenvalue weighted by Gasteiger charge is 2.33. The number of hydrogen-bond acceptors (Lipinski definition) is 2. The highest BCUT2D eigenvalue weighted by atomic mass is 28.4. The lowest BCUT2D eigenvalue weighted by Gasteiger charge is -2.31. The van der Waals surface area contributed by atoms with Gasteiger partial charge in [0.2, 0.25) is 0 Å². The summed E-state index contributed by atoms with van der Waals surface area (Å²) < 4.78 is 6.60. The molecule has 0 aromatic heterocycles. The van der Waals surface area contributed by atoms with E-state index in [9.17, 15) is 0 Å². The van der Waals surface area contributed by atoms with E-state index in [0.29, 0.717) is 0 Å². The van der Waals surface area contributed by atoms with E-state index in [-0.39, 0.29) is 0 Å². The Morgan fingerprint density at radius 1 is 0.826 bits per heavy atom. The predicted molar refractivity (Wildman–Crippen MR) is 100 cm³/mol. The molecule has 0 unspecified atom stereocenters. The summed E-state index contributed by atoms with van der Waals surface area (Å²) in [5, 5.41) is 2.70. The van der Waals surface area contributed by atoms with E-state index in [1.165, 1.54) is 42.7 Å². The summed E-state index contributed by atoms with van der Waals surface area (Å²) in [6.45, 7) is 6.68. The molecule has 1 aliphatic rings. The average Bonchev–Trinajstić information content (AvgIpc) is 2.64. The molecule has 3 rings (SSSR count). The summed E-state index contributed by atoms with van der Waals surface area (Å²) in [5.74, 6) is 0. The van der Waals surface area contributed by atoms with Gasteiger partial charge in [0.25, 0.3) is 8.32 Å². The third-order valence-electron chi connectivity index (χ3n) is 4.90. The van der Waals surface area contributed by atoms with Crippen LogP contribution in [-0.2, 0) is 4.43 Å². The van der Waals surface area contributed by atoms with E-state index in [1.807, 2.05) is 0 Å². The number of nitrogens with zero attached hydrogens (tertiary/aromatic N) is 1. The third kappa shape index (κ3) is 4.11. The number of hydrogen-bond donors (Lipinski definition) is 0. The molecule has 1 aliphatic heterocycles. The quantitative estimate of drug-likeness (QED) is 0.757. The monoisotopic (exact) mass is 325 g/mol. The molecule has 0 radical (unpaired) electrons. The number of rotatable bonds is 6. The highest BCUT2D eigenvalue weighted by Crippen LogP contribution is 2.10. The lowest BCUT2D eigenvalue weighted by Crippen LogP contribution is -2.59. The van der Waals surface area contributed by atoms with Gasteiger partial charge in [0, 0.05) is 13.2 Å². The van der Waals surface area contributed by atoms with Crippen molar-refractivity contribution in [3.63, 3.8) is 0 Å². The molecular weight excluding hydrogens is 298 g/mol. The molecule has 3 heteroatoms. The molecule has 0 bridgehead atoms. The highest BCUT2D eigenvalue weighted by molar-refractivity contribution is 6.96.